The Morgan fingerprint density at radius 3 is 2.40 bits per heavy atom. The molecule has 5 aromatic rings. The van der Waals surface area contributed by atoms with Gasteiger partial charge >= 0.3 is 5.97 Å². The maximum absolute atomic E-state index is 12.3. The molecule has 0 aliphatic carbocycles. The summed E-state index contributed by atoms with van der Waals surface area (Å²) in [5, 5.41) is 14.5. The average molecular weight is 461 g/mol. The van der Waals surface area contributed by atoms with E-state index in [9.17, 15) is 4.79 Å². The smallest absolute Gasteiger partial charge is 0.339 e. The molecule has 0 saturated heterocycles. The molecule has 0 amide bonds. The van der Waals surface area contributed by atoms with E-state index in [4.69, 9.17) is 4.74 Å². The third-order valence-corrected chi connectivity index (χ3v) is 5.72. The number of carbonyl (C=O) groups is 1. The van der Waals surface area contributed by atoms with E-state index in [1.54, 1.807) is 19.2 Å². The summed E-state index contributed by atoms with van der Waals surface area (Å²) in [6.07, 6.45) is 3.20. The summed E-state index contributed by atoms with van der Waals surface area (Å²) < 4.78 is 5.15. The average Bonchev–Trinajstić information content (AvgIpc) is 2.92. The van der Waals surface area contributed by atoms with Crippen LogP contribution in [0, 0.1) is 0 Å². The highest BCUT2D eigenvalue weighted by Crippen LogP contribution is 2.37. The first-order valence-corrected chi connectivity index (χ1v) is 11.5. The quantitative estimate of drug-likeness (QED) is 0.294. The van der Waals surface area contributed by atoms with Crippen LogP contribution in [-0.2, 0) is 11.3 Å². The highest BCUT2D eigenvalue weighted by atomic mass is 16.5. The van der Waals surface area contributed by atoms with Crippen molar-refractivity contribution in [3.63, 3.8) is 0 Å². The Bertz CT molecular complexity index is 1470. The van der Waals surface area contributed by atoms with Crippen molar-refractivity contribution in [1.82, 2.24) is 15.2 Å². The number of fused-ring (bicyclic) bond motifs is 1. The van der Waals surface area contributed by atoms with Crippen LogP contribution in [0.5, 0.6) is 0 Å². The van der Waals surface area contributed by atoms with Gasteiger partial charge in [-0.05, 0) is 29.7 Å². The number of pyridine rings is 1. The molecular formula is C29H24N4O2. The van der Waals surface area contributed by atoms with Gasteiger partial charge < -0.3 is 10.1 Å². The van der Waals surface area contributed by atoms with Gasteiger partial charge in [0.25, 0.3) is 0 Å². The molecule has 2 heterocycles. The minimum absolute atomic E-state index is 0.300. The number of hydrogen-bond acceptors (Lipinski definition) is 6. The van der Waals surface area contributed by atoms with Gasteiger partial charge in [0.05, 0.1) is 12.2 Å². The Hall–Kier alpha value is -4.58. The van der Waals surface area contributed by atoms with Crippen molar-refractivity contribution in [1.29, 1.82) is 0 Å². The monoisotopic (exact) mass is 460 g/mol. The molecule has 0 aliphatic heterocycles. The van der Waals surface area contributed by atoms with Gasteiger partial charge in [0, 0.05) is 35.3 Å². The minimum Gasteiger partial charge on any atom is -0.462 e. The molecule has 0 unspecified atom stereocenters. The Kier molecular flexibility index (Phi) is 6.44. The van der Waals surface area contributed by atoms with Crippen LogP contribution < -0.4 is 5.32 Å². The molecule has 6 heteroatoms. The normalized spacial score (nSPS) is 10.8. The number of nitrogens with zero attached hydrogens (tertiary/aromatic N) is 3. The number of esters is 1. The fraction of sp³-hybridized carbons (Fsp3) is 0.103. The summed E-state index contributed by atoms with van der Waals surface area (Å²) in [5.41, 5.74) is 5.01. The largest absolute Gasteiger partial charge is 0.462 e. The summed E-state index contributed by atoms with van der Waals surface area (Å²) in [7, 11) is 0. The van der Waals surface area contributed by atoms with Crippen LogP contribution in [0.2, 0.25) is 0 Å². The molecule has 6 nitrogen and oxygen atoms in total. The van der Waals surface area contributed by atoms with Gasteiger partial charge in [-0.2, -0.15) is 0 Å². The van der Waals surface area contributed by atoms with E-state index in [1.165, 1.54) is 6.20 Å². The number of rotatable bonds is 7. The van der Waals surface area contributed by atoms with Crippen molar-refractivity contribution < 1.29 is 9.53 Å². The second-order valence-corrected chi connectivity index (χ2v) is 8.01. The van der Waals surface area contributed by atoms with Crippen LogP contribution in [-0.4, -0.2) is 27.8 Å². The summed E-state index contributed by atoms with van der Waals surface area (Å²) in [6.45, 7) is 2.70. The van der Waals surface area contributed by atoms with Crippen molar-refractivity contribution in [3.8, 4) is 22.4 Å². The number of benzene rings is 3. The maximum atomic E-state index is 12.3. The van der Waals surface area contributed by atoms with Crippen LogP contribution >= 0.6 is 0 Å². The van der Waals surface area contributed by atoms with E-state index in [2.05, 4.69) is 50.8 Å². The van der Waals surface area contributed by atoms with Crippen LogP contribution in [0.3, 0.4) is 0 Å². The first-order chi connectivity index (χ1) is 17.2. The van der Waals surface area contributed by atoms with Crippen molar-refractivity contribution >= 4 is 22.6 Å². The highest BCUT2D eigenvalue weighted by molar-refractivity contribution is 6.08. The van der Waals surface area contributed by atoms with Crippen molar-refractivity contribution in [2.24, 2.45) is 0 Å². The number of anilines is 1. The lowest BCUT2D eigenvalue weighted by Gasteiger charge is -2.15. The molecule has 172 valence electrons. The summed E-state index contributed by atoms with van der Waals surface area (Å²) in [5.74, 6) is 0.284. The third kappa shape index (κ3) is 4.73. The van der Waals surface area contributed by atoms with Crippen LogP contribution in [0.1, 0.15) is 22.8 Å². The maximum Gasteiger partial charge on any atom is 0.339 e. The molecule has 0 bridgehead atoms. The number of carbonyl (C=O) groups excluding carboxylic acids is 1. The SMILES string of the molecule is CCOC(=O)c1cncc(-c2nnc(NCc3ccccc3)c3c(-c4ccccc4)cccc23)c1. The summed E-state index contributed by atoms with van der Waals surface area (Å²) >= 11 is 0. The van der Waals surface area contributed by atoms with Gasteiger partial charge in [-0.1, -0.05) is 78.9 Å². The molecular weight excluding hydrogens is 436 g/mol. The Labute approximate surface area is 203 Å². The van der Waals surface area contributed by atoms with E-state index < -0.39 is 5.97 Å². The fourth-order valence-corrected chi connectivity index (χ4v) is 4.08. The van der Waals surface area contributed by atoms with Gasteiger partial charge in [-0.3, -0.25) is 4.98 Å². The Morgan fingerprint density at radius 2 is 1.63 bits per heavy atom. The molecule has 3 aromatic carbocycles. The van der Waals surface area contributed by atoms with Crippen LogP contribution in [0.15, 0.2) is 97.3 Å². The zero-order valence-electron chi connectivity index (χ0n) is 19.3. The van der Waals surface area contributed by atoms with Gasteiger partial charge in [-0.25, -0.2) is 4.79 Å². The van der Waals surface area contributed by atoms with Crippen LogP contribution in [0.4, 0.5) is 5.82 Å². The molecule has 5 rings (SSSR count). The third-order valence-electron chi connectivity index (χ3n) is 5.72. The molecule has 0 saturated carbocycles. The second kappa shape index (κ2) is 10.1. The van der Waals surface area contributed by atoms with Crippen LogP contribution in [0.25, 0.3) is 33.2 Å². The summed E-state index contributed by atoms with van der Waals surface area (Å²) in [6, 6.07) is 28.3. The second-order valence-electron chi connectivity index (χ2n) is 8.01. The van der Waals surface area contributed by atoms with Crippen molar-refractivity contribution in [2.75, 3.05) is 11.9 Å². The molecule has 0 fully saturated rings. The first-order valence-electron chi connectivity index (χ1n) is 11.5. The summed E-state index contributed by atoms with van der Waals surface area (Å²) in [4.78, 5) is 16.6. The highest BCUT2D eigenvalue weighted by Gasteiger charge is 2.17. The van der Waals surface area contributed by atoms with Crippen molar-refractivity contribution in [3.05, 3.63) is 108 Å². The number of nitrogens with one attached hydrogen (secondary N) is 1. The molecule has 0 spiro atoms. The van der Waals surface area contributed by atoms with E-state index in [-0.39, 0.29) is 0 Å². The molecule has 0 radical (unpaired) electrons. The lowest BCUT2D eigenvalue weighted by Crippen LogP contribution is -2.06. The van der Waals surface area contributed by atoms with Gasteiger partial charge in [0.1, 0.15) is 5.69 Å². The predicted octanol–water partition coefficient (Wildman–Crippen LogP) is 6.15. The van der Waals surface area contributed by atoms with E-state index in [0.717, 1.165) is 27.5 Å². The standard InChI is InChI=1S/C29H24N4O2/c1-2-35-29(34)23-16-22(18-30-19-23)27-25-15-9-14-24(21-12-7-4-8-13-21)26(25)28(33-32-27)31-17-20-10-5-3-6-11-20/h3-16,18-19H,2,17H2,1H3,(H,31,33). The van der Waals surface area contributed by atoms with Crippen molar-refractivity contribution in [2.45, 2.75) is 13.5 Å². The lowest BCUT2D eigenvalue weighted by molar-refractivity contribution is 0.0526. The van der Waals surface area contributed by atoms with Gasteiger partial charge in [0.2, 0.25) is 0 Å². The van der Waals surface area contributed by atoms with E-state index in [1.807, 2.05) is 48.5 Å². The van der Waals surface area contributed by atoms with Gasteiger partial charge in [-0.15, -0.1) is 10.2 Å². The number of ether oxygens (including phenoxy) is 1. The molecule has 0 atom stereocenters. The van der Waals surface area contributed by atoms with E-state index >= 15 is 0 Å². The molecule has 1 N–H and O–H groups in total. The minimum atomic E-state index is -0.412. The number of aromatic nitrogens is 3. The van der Waals surface area contributed by atoms with Gasteiger partial charge in [0.15, 0.2) is 5.82 Å². The molecule has 2 aromatic heterocycles. The predicted molar refractivity (Wildman–Crippen MR) is 138 cm³/mol. The molecule has 35 heavy (non-hydrogen) atoms. The van der Waals surface area contributed by atoms with E-state index in [0.29, 0.717) is 35.8 Å². The lowest BCUT2D eigenvalue weighted by atomic mass is 9.96. The Morgan fingerprint density at radius 1 is 0.857 bits per heavy atom. The first kappa shape index (κ1) is 22.2. The fourth-order valence-electron chi connectivity index (χ4n) is 4.08. The zero-order valence-corrected chi connectivity index (χ0v) is 19.3. The number of hydrogen-bond donors (Lipinski definition) is 1. The zero-order chi connectivity index (χ0) is 24.0. The topological polar surface area (TPSA) is 77.0 Å². The Balaban J connectivity index is 1.66. The molecule has 0 aliphatic rings.